The van der Waals surface area contributed by atoms with Crippen LogP contribution in [0.1, 0.15) is 49.0 Å². The summed E-state index contributed by atoms with van der Waals surface area (Å²) in [4.78, 5) is 10.9. The van der Waals surface area contributed by atoms with Gasteiger partial charge >= 0.3 is 0 Å². The third kappa shape index (κ3) is 2.82. The number of rotatable bonds is 5. The number of hydrogen-bond donors (Lipinski definition) is 0. The second-order valence-corrected chi connectivity index (χ2v) is 3.66. The molecule has 0 amide bonds. The fourth-order valence-corrected chi connectivity index (χ4v) is 1.49. The van der Waals surface area contributed by atoms with E-state index in [1.165, 1.54) is 5.56 Å². The van der Waals surface area contributed by atoms with Crippen molar-refractivity contribution in [3.8, 4) is 5.75 Å². The fourth-order valence-electron chi connectivity index (χ4n) is 1.49. The van der Waals surface area contributed by atoms with E-state index in [0.717, 1.165) is 12.7 Å². The summed E-state index contributed by atoms with van der Waals surface area (Å²) in [5.74, 6) is 1.17. The predicted octanol–water partition coefficient (Wildman–Crippen LogP) is 3.41. The smallest absolute Gasteiger partial charge is 0.153 e. The lowest BCUT2D eigenvalue weighted by molar-refractivity contribution is 0.111. The lowest BCUT2D eigenvalue weighted by Crippen LogP contribution is -1.98. The lowest BCUT2D eigenvalue weighted by Gasteiger charge is -2.12. The molecule has 0 aliphatic heterocycles. The molecule has 0 spiro atoms. The van der Waals surface area contributed by atoms with Gasteiger partial charge in [0.2, 0.25) is 0 Å². The summed E-state index contributed by atoms with van der Waals surface area (Å²) in [7, 11) is 0. The number of benzene rings is 1. The molecule has 0 saturated heterocycles. The van der Waals surface area contributed by atoms with Crippen molar-refractivity contribution in [3.63, 3.8) is 0 Å². The highest BCUT2D eigenvalue weighted by Gasteiger charge is 2.07. The molecular formula is C13H18O2. The first-order chi connectivity index (χ1) is 7.22. The average molecular weight is 206 g/mol. The maximum Gasteiger partial charge on any atom is 0.153 e. The molecule has 0 N–H and O–H groups in total. The Labute approximate surface area is 91.3 Å². The first-order valence-electron chi connectivity index (χ1n) is 5.44. The number of aldehydes is 1. The Morgan fingerprint density at radius 2 is 2.13 bits per heavy atom. The number of hydrogen-bond acceptors (Lipinski definition) is 2. The van der Waals surface area contributed by atoms with Gasteiger partial charge in [0.05, 0.1) is 12.2 Å². The van der Waals surface area contributed by atoms with Crippen molar-refractivity contribution in [2.24, 2.45) is 0 Å². The lowest BCUT2D eigenvalue weighted by atomic mass is 9.97. The number of carbonyl (C=O) groups excluding carboxylic acids is 1. The molecule has 0 saturated carbocycles. The van der Waals surface area contributed by atoms with Gasteiger partial charge < -0.3 is 4.74 Å². The second-order valence-electron chi connectivity index (χ2n) is 3.66. The quantitative estimate of drug-likeness (QED) is 0.690. The van der Waals surface area contributed by atoms with Crippen LogP contribution in [-0.2, 0) is 0 Å². The Balaban J connectivity index is 3.01. The standard InChI is InChI=1S/C13H18O2/c1-4-10(3)11-6-7-13(15-5-2)12(8-11)9-14/h6-10H,4-5H2,1-3H3/t10-/m0/s1. The third-order valence-electron chi connectivity index (χ3n) is 2.64. The largest absolute Gasteiger partial charge is 0.493 e. The SMILES string of the molecule is CCOc1ccc([C@@H](C)CC)cc1C=O. The topological polar surface area (TPSA) is 26.3 Å². The number of carbonyl (C=O) groups is 1. The zero-order chi connectivity index (χ0) is 11.3. The molecule has 0 unspecified atom stereocenters. The monoisotopic (exact) mass is 206 g/mol. The molecule has 0 aliphatic carbocycles. The molecule has 0 radical (unpaired) electrons. The van der Waals surface area contributed by atoms with Gasteiger partial charge in [-0.15, -0.1) is 0 Å². The highest BCUT2D eigenvalue weighted by molar-refractivity contribution is 5.79. The summed E-state index contributed by atoms with van der Waals surface area (Å²) in [6.45, 7) is 6.80. The van der Waals surface area contributed by atoms with E-state index in [-0.39, 0.29) is 0 Å². The minimum absolute atomic E-state index is 0.486. The van der Waals surface area contributed by atoms with Crippen molar-refractivity contribution < 1.29 is 9.53 Å². The van der Waals surface area contributed by atoms with Gasteiger partial charge in [-0.2, -0.15) is 0 Å². The maximum absolute atomic E-state index is 10.9. The van der Waals surface area contributed by atoms with E-state index in [1.54, 1.807) is 0 Å². The van der Waals surface area contributed by atoms with Crippen LogP contribution in [0.15, 0.2) is 18.2 Å². The molecule has 0 aliphatic rings. The van der Waals surface area contributed by atoms with E-state index >= 15 is 0 Å². The summed E-state index contributed by atoms with van der Waals surface area (Å²) in [5.41, 5.74) is 1.85. The second kappa shape index (κ2) is 5.54. The van der Waals surface area contributed by atoms with Crippen LogP contribution in [-0.4, -0.2) is 12.9 Å². The molecule has 1 aromatic rings. The Kier molecular flexibility index (Phi) is 4.35. The molecule has 15 heavy (non-hydrogen) atoms. The first kappa shape index (κ1) is 11.8. The van der Waals surface area contributed by atoms with Crippen molar-refractivity contribution in [1.82, 2.24) is 0 Å². The van der Waals surface area contributed by atoms with Crippen LogP contribution in [0.25, 0.3) is 0 Å². The van der Waals surface area contributed by atoms with E-state index in [9.17, 15) is 4.79 Å². The molecule has 0 heterocycles. The Morgan fingerprint density at radius 3 is 2.67 bits per heavy atom. The van der Waals surface area contributed by atoms with Gasteiger partial charge in [0.25, 0.3) is 0 Å². The van der Waals surface area contributed by atoms with Crippen LogP contribution in [0.3, 0.4) is 0 Å². The summed E-state index contributed by atoms with van der Waals surface area (Å²) in [6, 6.07) is 5.84. The molecule has 0 aromatic heterocycles. The molecule has 1 rings (SSSR count). The van der Waals surface area contributed by atoms with Crippen molar-refractivity contribution >= 4 is 6.29 Å². The molecule has 1 atom stereocenters. The molecule has 0 bridgehead atoms. The van der Waals surface area contributed by atoms with E-state index in [4.69, 9.17) is 4.74 Å². The summed E-state index contributed by atoms with van der Waals surface area (Å²) >= 11 is 0. The first-order valence-corrected chi connectivity index (χ1v) is 5.44. The van der Waals surface area contributed by atoms with Crippen LogP contribution in [0.4, 0.5) is 0 Å². The molecule has 2 nitrogen and oxygen atoms in total. The van der Waals surface area contributed by atoms with Crippen molar-refractivity contribution in [3.05, 3.63) is 29.3 Å². The van der Waals surface area contributed by atoms with Gasteiger partial charge in [-0.1, -0.05) is 19.9 Å². The third-order valence-corrected chi connectivity index (χ3v) is 2.64. The van der Waals surface area contributed by atoms with Crippen LogP contribution >= 0.6 is 0 Å². The van der Waals surface area contributed by atoms with E-state index in [0.29, 0.717) is 23.8 Å². The van der Waals surface area contributed by atoms with Crippen LogP contribution in [0.2, 0.25) is 0 Å². The molecular weight excluding hydrogens is 188 g/mol. The zero-order valence-corrected chi connectivity index (χ0v) is 9.62. The normalized spacial score (nSPS) is 12.2. The zero-order valence-electron chi connectivity index (χ0n) is 9.62. The minimum atomic E-state index is 0.486. The summed E-state index contributed by atoms with van der Waals surface area (Å²) in [6.07, 6.45) is 1.93. The van der Waals surface area contributed by atoms with E-state index in [1.807, 2.05) is 25.1 Å². The predicted molar refractivity (Wildman–Crippen MR) is 61.7 cm³/mol. The van der Waals surface area contributed by atoms with Crippen LogP contribution in [0, 0.1) is 0 Å². The van der Waals surface area contributed by atoms with E-state index < -0.39 is 0 Å². The molecule has 1 aromatic carbocycles. The van der Waals surface area contributed by atoms with Crippen molar-refractivity contribution in [1.29, 1.82) is 0 Å². The summed E-state index contributed by atoms with van der Waals surface area (Å²) < 4.78 is 5.37. The van der Waals surface area contributed by atoms with Crippen molar-refractivity contribution in [2.45, 2.75) is 33.1 Å². The highest BCUT2D eigenvalue weighted by atomic mass is 16.5. The van der Waals surface area contributed by atoms with Gasteiger partial charge in [-0.05, 0) is 37.0 Å². The van der Waals surface area contributed by atoms with Gasteiger partial charge in [0.1, 0.15) is 5.75 Å². The molecule has 0 fully saturated rings. The number of ether oxygens (including phenoxy) is 1. The fraction of sp³-hybridized carbons (Fsp3) is 0.462. The van der Waals surface area contributed by atoms with E-state index in [2.05, 4.69) is 13.8 Å². The summed E-state index contributed by atoms with van der Waals surface area (Å²) in [5, 5.41) is 0. The Hall–Kier alpha value is -1.31. The molecule has 2 heteroatoms. The Bertz CT molecular complexity index is 331. The average Bonchev–Trinajstić information content (AvgIpc) is 2.29. The van der Waals surface area contributed by atoms with Gasteiger partial charge in [-0.3, -0.25) is 4.79 Å². The maximum atomic E-state index is 10.9. The molecule has 82 valence electrons. The van der Waals surface area contributed by atoms with Crippen molar-refractivity contribution in [2.75, 3.05) is 6.61 Å². The van der Waals surface area contributed by atoms with Crippen LogP contribution in [0.5, 0.6) is 5.75 Å². The van der Waals surface area contributed by atoms with Gasteiger partial charge in [-0.25, -0.2) is 0 Å². The van der Waals surface area contributed by atoms with Crippen LogP contribution < -0.4 is 4.74 Å². The minimum Gasteiger partial charge on any atom is -0.493 e. The highest BCUT2D eigenvalue weighted by Crippen LogP contribution is 2.24. The van der Waals surface area contributed by atoms with Gasteiger partial charge in [0.15, 0.2) is 6.29 Å². The Morgan fingerprint density at radius 1 is 1.40 bits per heavy atom. The van der Waals surface area contributed by atoms with Gasteiger partial charge in [0, 0.05) is 0 Å².